The summed E-state index contributed by atoms with van der Waals surface area (Å²) in [6, 6.07) is 7.98. The smallest absolute Gasteiger partial charge is 0.311 e. The van der Waals surface area contributed by atoms with Gasteiger partial charge in [0.25, 0.3) is 5.91 Å². The molecule has 0 unspecified atom stereocenters. The fraction of sp³-hybridized carbons (Fsp3) is 0.476. The Bertz CT molecular complexity index is 794. The summed E-state index contributed by atoms with van der Waals surface area (Å²) in [6.45, 7) is 7.43. The number of ether oxygens (including phenoxy) is 1. The van der Waals surface area contributed by atoms with Gasteiger partial charge in [0, 0.05) is 7.05 Å². The third-order valence-electron chi connectivity index (χ3n) is 4.63. The van der Waals surface area contributed by atoms with Crippen LogP contribution in [0.1, 0.15) is 49.2 Å². The van der Waals surface area contributed by atoms with Crippen LogP contribution in [0.15, 0.2) is 24.3 Å². The van der Waals surface area contributed by atoms with E-state index in [9.17, 15) is 9.59 Å². The van der Waals surface area contributed by atoms with Gasteiger partial charge in [-0.15, -0.1) is 0 Å². The number of esters is 1. The molecule has 1 N–H and O–H groups in total. The molecule has 0 aliphatic heterocycles. The predicted molar refractivity (Wildman–Crippen MR) is 106 cm³/mol. The van der Waals surface area contributed by atoms with Crippen LogP contribution in [0.4, 0.5) is 5.69 Å². The molecule has 1 atom stereocenters. The molecule has 0 aliphatic rings. The zero-order chi connectivity index (χ0) is 20.0. The van der Waals surface area contributed by atoms with Crippen molar-refractivity contribution in [3.05, 3.63) is 46.8 Å². The topological polar surface area (TPSA) is 73.2 Å². The Balaban J connectivity index is 1.88. The van der Waals surface area contributed by atoms with Gasteiger partial charge in [-0.25, -0.2) is 0 Å². The zero-order valence-corrected chi connectivity index (χ0v) is 16.8. The number of amides is 1. The van der Waals surface area contributed by atoms with E-state index in [4.69, 9.17) is 4.74 Å². The third-order valence-corrected chi connectivity index (χ3v) is 4.63. The maximum absolute atomic E-state index is 12.3. The predicted octanol–water partition coefficient (Wildman–Crippen LogP) is 3.49. The van der Waals surface area contributed by atoms with E-state index < -0.39 is 12.1 Å². The minimum atomic E-state index is -0.875. The van der Waals surface area contributed by atoms with E-state index >= 15 is 0 Å². The maximum Gasteiger partial charge on any atom is 0.311 e. The maximum atomic E-state index is 12.3. The summed E-state index contributed by atoms with van der Waals surface area (Å²) in [5, 5.41) is 7.06. The number of carbonyl (C=O) groups is 2. The Morgan fingerprint density at radius 2 is 1.81 bits per heavy atom. The number of aromatic nitrogens is 2. The Morgan fingerprint density at radius 3 is 2.37 bits per heavy atom. The molecule has 0 saturated carbocycles. The zero-order valence-electron chi connectivity index (χ0n) is 16.8. The summed E-state index contributed by atoms with van der Waals surface area (Å²) in [6.07, 6.45) is 2.64. The van der Waals surface area contributed by atoms with Gasteiger partial charge >= 0.3 is 5.97 Å². The lowest BCUT2D eigenvalue weighted by molar-refractivity contribution is -0.152. The molecule has 0 saturated heterocycles. The third kappa shape index (κ3) is 5.67. The molecule has 1 aromatic carbocycles. The second kappa shape index (κ2) is 9.35. The van der Waals surface area contributed by atoms with Gasteiger partial charge in [0.1, 0.15) is 0 Å². The Morgan fingerprint density at radius 1 is 1.19 bits per heavy atom. The number of anilines is 1. The molecule has 0 fully saturated rings. The quantitative estimate of drug-likeness (QED) is 0.721. The molecule has 2 aromatic rings. The molecule has 2 rings (SSSR count). The first-order valence-electron chi connectivity index (χ1n) is 9.40. The van der Waals surface area contributed by atoms with Gasteiger partial charge in [0.15, 0.2) is 6.10 Å². The average Bonchev–Trinajstić information content (AvgIpc) is 2.87. The second-order valence-corrected chi connectivity index (χ2v) is 6.89. The number of nitrogens with one attached hydrogen (secondary N) is 1. The molecule has 1 aromatic heterocycles. The van der Waals surface area contributed by atoms with E-state index in [1.54, 1.807) is 11.6 Å². The van der Waals surface area contributed by atoms with Gasteiger partial charge in [0.2, 0.25) is 0 Å². The Labute approximate surface area is 160 Å². The highest BCUT2D eigenvalue weighted by Gasteiger charge is 2.21. The number of benzene rings is 1. The molecule has 1 amide bonds. The van der Waals surface area contributed by atoms with Crippen LogP contribution in [0.2, 0.25) is 0 Å². The van der Waals surface area contributed by atoms with Crippen molar-refractivity contribution in [1.82, 2.24) is 9.78 Å². The number of aryl methyl sites for hydroxylation is 3. The second-order valence-electron chi connectivity index (χ2n) is 6.89. The largest absolute Gasteiger partial charge is 0.452 e. The normalized spacial score (nSPS) is 11.9. The SMILES string of the molecule is CCCCc1ccc(CC(=O)O[C@@H](C)C(=O)Nc2c(C)nn(C)c2C)cc1. The van der Waals surface area contributed by atoms with Crippen LogP contribution in [0.5, 0.6) is 0 Å². The van der Waals surface area contributed by atoms with Crippen molar-refractivity contribution in [2.75, 3.05) is 5.32 Å². The molecule has 0 aliphatic carbocycles. The summed E-state index contributed by atoms with van der Waals surface area (Å²) in [5.74, 6) is -0.781. The lowest BCUT2D eigenvalue weighted by atomic mass is 10.1. The standard InChI is InChI=1S/C21H29N3O3/c1-6-7-8-17-9-11-18(12-10-17)13-19(25)27-16(4)21(26)22-20-14(2)23-24(5)15(20)3/h9-12,16H,6-8,13H2,1-5H3,(H,22,26)/t16-/m0/s1. The van der Waals surface area contributed by atoms with E-state index in [-0.39, 0.29) is 12.3 Å². The average molecular weight is 371 g/mol. The molecule has 0 spiro atoms. The van der Waals surface area contributed by atoms with Crippen molar-refractivity contribution < 1.29 is 14.3 Å². The molecule has 27 heavy (non-hydrogen) atoms. The van der Waals surface area contributed by atoms with Gasteiger partial charge < -0.3 is 10.1 Å². The van der Waals surface area contributed by atoms with Crippen LogP contribution in [0.25, 0.3) is 0 Å². The van der Waals surface area contributed by atoms with Crippen LogP contribution in [0.3, 0.4) is 0 Å². The fourth-order valence-electron chi connectivity index (χ4n) is 2.84. The highest BCUT2D eigenvalue weighted by atomic mass is 16.5. The van der Waals surface area contributed by atoms with Crippen molar-refractivity contribution in [2.45, 2.75) is 59.5 Å². The first kappa shape index (κ1) is 20.7. The summed E-state index contributed by atoms with van der Waals surface area (Å²) >= 11 is 0. The van der Waals surface area contributed by atoms with Gasteiger partial charge in [-0.2, -0.15) is 5.10 Å². The Hall–Kier alpha value is -2.63. The number of nitrogens with zero attached hydrogens (tertiary/aromatic N) is 2. The minimum absolute atomic E-state index is 0.149. The monoisotopic (exact) mass is 371 g/mol. The molecule has 6 nitrogen and oxygen atoms in total. The van der Waals surface area contributed by atoms with E-state index in [2.05, 4.69) is 17.3 Å². The van der Waals surface area contributed by atoms with Crippen molar-refractivity contribution in [1.29, 1.82) is 0 Å². The fourth-order valence-corrected chi connectivity index (χ4v) is 2.84. The van der Waals surface area contributed by atoms with Crippen molar-refractivity contribution in [2.24, 2.45) is 7.05 Å². The van der Waals surface area contributed by atoms with Crippen molar-refractivity contribution in [3.8, 4) is 0 Å². The number of unbranched alkanes of at least 4 members (excludes halogenated alkanes) is 1. The van der Waals surface area contributed by atoms with E-state index in [1.165, 1.54) is 5.56 Å². The van der Waals surface area contributed by atoms with E-state index in [0.29, 0.717) is 5.69 Å². The molecule has 146 valence electrons. The first-order chi connectivity index (χ1) is 12.8. The van der Waals surface area contributed by atoms with E-state index in [1.807, 2.05) is 45.2 Å². The molecule has 6 heteroatoms. The summed E-state index contributed by atoms with van der Waals surface area (Å²) in [4.78, 5) is 24.5. The lowest BCUT2D eigenvalue weighted by Crippen LogP contribution is -2.30. The van der Waals surface area contributed by atoms with Gasteiger partial charge in [-0.3, -0.25) is 14.3 Å². The Kier molecular flexibility index (Phi) is 7.16. The number of hydrogen-bond donors (Lipinski definition) is 1. The van der Waals surface area contributed by atoms with E-state index in [0.717, 1.165) is 36.2 Å². The van der Waals surface area contributed by atoms with Crippen LogP contribution in [0, 0.1) is 13.8 Å². The summed E-state index contributed by atoms with van der Waals surface area (Å²) < 4.78 is 6.99. The van der Waals surface area contributed by atoms with Gasteiger partial charge in [-0.05, 0) is 44.7 Å². The molecular formula is C21H29N3O3. The number of hydrogen-bond acceptors (Lipinski definition) is 4. The van der Waals surface area contributed by atoms with Crippen LogP contribution >= 0.6 is 0 Å². The van der Waals surface area contributed by atoms with Crippen molar-refractivity contribution >= 4 is 17.6 Å². The van der Waals surface area contributed by atoms with Crippen LogP contribution < -0.4 is 5.32 Å². The van der Waals surface area contributed by atoms with Gasteiger partial charge in [-0.1, -0.05) is 37.6 Å². The first-order valence-corrected chi connectivity index (χ1v) is 9.40. The summed E-state index contributed by atoms with van der Waals surface area (Å²) in [7, 11) is 1.81. The highest BCUT2D eigenvalue weighted by molar-refractivity contribution is 5.96. The molecule has 0 bridgehead atoms. The molecule has 0 radical (unpaired) electrons. The highest BCUT2D eigenvalue weighted by Crippen LogP contribution is 2.19. The summed E-state index contributed by atoms with van der Waals surface area (Å²) in [5.41, 5.74) is 4.39. The molecule has 1 heterocycles. The van der Waals surface area contributed by atoms with Crippen LogP contribution in [-0.2, 0) is 34.2 Å². The number of carbonyl (C=O) groups excluding carboxylic acids is 2. The lowest BCUT2D eigenvalue weighted by Gasteiger charge is -2.14. The number of rotatable bonds is 8. The minimum Gasteiger partial charge on any atom is -0.452 e. The molecular weight excluding hydrogens is 342 g/mol. The van der Waals surface area contributed by atoms with Crippen molar-refractivity contribution in [3.63, 3.8) is 0 Å². The van der Waals surface area contributed by atoms with Crippen LogP contribution in [-0.4, -0.2) is 27.8 Å². The van der Waals surface area contributed by atoms with Gasteiger partial charge in [0.05, 0.1) is 23.5 Å².